The highest BCUT2D eigenvalue weighted by Crippen LogP contribution is 2.27. The van der Waals surface area contributed by atoms with E-state index in [1.807, 2.05) is 38.1 Å². The number of nitrogens with zero attached hydrogens (tertiary/aromatic N) is 2. The molecular weight excluding hydrogens is 354 g/mol. The third-order valence-electron chi connectivity index (χ3n) is 5.36. The lowest BCUT2D eigenvalue weighted by Gasteiger charge is -2.18. The molecule has 1 aliphatic heterocycles. The highest BCUT2D eigenvalue weighted by molar-refractivity contribution is 5.79. The molecule has 2 aromatic heterocycles. The summed E-state index contributed by atoms with van der Waals surface area (Å²) in [6.07, 6.45) is 2.49. The molecule has 1 aliphatic rings. The first-order valence-electron chi connectivity index (χ1n) is 9.47. The number of hydrogen-bond acceptors (Lipinski definition) is 4. The molecule has 1 atom stereocenters. The molecule has 0 unspecified atom stereocenters. The zero-order valence-corrected chi connectivity index (χ0v) is 16.1. The van der Waals surface area contributed by atoms with E-state index in [0.717, 1.165) is 29.0 Å². The average molecular weight is 377 g/mol. The zero-order valence-electron chi connectivity index (χ0n) is 16.1. The van der Waals surface area contributed by atoms with Gasteiger partial charge in [0, 0.05) is 30.9 Å². The van der Waals surface area contributed by atoms with Crippen LogP contribution in [0.25, 0.3) is 10.9 Å². The number of carbonyl (C=O) groups is 1. The molecule has 1 aromatic carbocycles. The van der Waals surface area contributed by atoms with Gasteiger partial charge in [0.15, 0.2) is 6.61 Å². The summed E-state index contributed by atoms with van der Waals surface area (Å²) >= 11 is 0. The molecule has 3 aromatic rings. The number of benzene rings is 1. The van der Waals surface area contributed by atoms with E-state index >= 15 is 0 Å². The van der Waals surface area contributed by atoms with Gasteiger partial charge >= 0.3 is 0 Å². The first kappa shape index (κ1) is 18.2. The van der Waals surface area contributed by atoms with Crippen molar-refractivity contribution < 1.29 is 9.53 Å². The van der Waals surface area contributed by atoms with Crippen LogP contribution in [0.3, 0.4) is 0 Å². The minimum Gasteiger partial charge on any atom is -0.483 e. The quantitative estimate of drug-likeness (QED) is 0.759. The Balaban J connectivity index is 1.44. The van der Waals surface area contributed by atoms with E-state index in [0.29, 0.717) is 24.0 Å². The average Bonchev–Trinajstić information content (AvgIpc) is 3.18. The standard InChI is InChI=1S/C22H23N3O3/c1-14-5-3-6-15(2)21(14)28-13-20(26)25-10-8-16(12-25)18-11-19-17(22(27)24-18)7-4-9-23-19/h3-7,9,11,16H,8,10,12-13H2,1-2H3,(H,24,27)/t16-/m0/s1. The monoisotopic (exact) mass is 377 g/mol. The first-order chi connectivity index (χ1) is 13.5. The second-order valence-corrected chi connectivity index (χ2v) is 7.32. The molecule has 0 spiro atoms. The summed E-state index contributed by atoms with van der Waals surface area (Å²) in [5.74, 6) is 0.839. The van der Waals surface area contributed by atoms with Crippen molar-refractivity contribution >= 4 is 16.8 Å². The van der Waals surface area contributed by atoms with Gasteiger partial charge in [-0.15, -0.1) is 0 Å². The van der Waals surface area contributed by atoms with Gasteiger partial charge in [0.05, 0.1) is 10.9 Å². The van der Waals surface area contributed by atoms with Gasteiger partial charge in [-0.2, -0.15) is 0 Å². The van der Waals surface area contributed by atoms with Crippen LogP contribution in [0, 0.1) is 13.8 Å². The summed E-state index contributed by atoms with van der Waals surface area (Å²) in [5, 5.41) is 0.583. The molecule has 1 amide bonds. The maximum Gasteiger partial charge on any atom is 0.260 e. The Bertz CT molecular complexity index is 1070. The van der Waals surface area contributed by atoms with Crippen molar-refractivity contribution in [2.45, 2.75) is 26.2 Å². The molecule has 1 fully saturated rings. The Morgan fingerprint density at radius 2 is 2.04 bits per heavy atom. The lowest BCUT2D eigenvalue weighted by molar-refractivity contribution is -0.132. The van der Waals surface area contributed by atoms with E-state index in [-0.39, 0.29) is 24.0 Å². The van der Waals surface area contributed by atoms with E-state index in [1.165, 1.54) is 0 Å². The number of aryl methyl sites for hydroxylation is 2. The molecule has 1 saturated heterocycles. The van der Waals surface area contributed by atoms with Crippen LogP contribution >= 0.6 is 0 Å². The lowest BCUT2D eigenvalue weighted by atomic mass is 10.0. The van der Waals surface area contributed by atoms with Crippen molar-refractivity contribution in [2.75, 3.05) is 19.7 Å². The number of H-pyrrole nitrogens is 1. The molecule has 6 heteroatoms. The fourth-order valence-corrected chi connectivity index (χ4v) is 3.82. The molecule has 28 heavy (non-hydrogen) atoms. The highest BCUT2D eigenvalue weighted by Gasteiger charge is 2.28. The fourth-order valence-electron chi connectivity index (χ4n) is 3.82. The predicted molar refractivity (Wildman–Crippen MR) is 108 cm³/mol. The van der Waals surface area contributed by atoms with E-state index in [1.54, 1.807) is 23.2 Å². The Labute approximate surface area is 163 Å². The Morgan fingerprint density at radius 3 is 2.82 bits per heavy atom. The van der Waals surface area contributed by atoms with Crippen LogP contribution in [0.5, 0.6) is 5.75 Å². The maximum absolute atomic E-state index is 12.6. The van der Waals surface area contributed by atoms with E-state index in [9.17, 15) is 9.59 Å². The van der Waals surface area contributed by atoms with Crippen molar-refractivity contribution in [3.63, 3.8) is 0 Å². The summed E-state index contributed by atoms with van der Waals surface area (Å²) in [7, 11) is 0. The third kappa shape index (κ3) is 3.50. The van der Waals surface area contributed by atoms with Gasteiger partial charge in [0.1, 0.15) is 5.75 Å². The van der Waals surface area contributed by atoms with Crippen LogP contribution < -0.4 is 10.3 Å². The molecule has 1 N–H and O–H groups in total. The number of aromatic nitrogens is 2. The number of para-hydroxylation sites is 1. The van der Waals surface area contributed by atoms with Gasteiger partial charge in [0.25, 0.3) is 11.5 Å². The summed E-state index contributed by atoms with van der Waals surface area (Å²) in [6.45, 7) is 5.20. The second kappa shape index (κ2) is 7.46. The largest absolute Gasteiger partial charge is 0.483 e. The van der Waals surface area contributed by atoms with Crippen LogP contribution in [0.4, 0.5) is 0 Å². The van der Waals surface area contributed by atoms with Crippen LogP contribution in [0.1, 0.15) is 29.2 Å². The Kier molecular flexibility index (Phi) is 4.86. The molecule has 144 valence electrons. The number of ether oxygens (including phenoxy) is 1. The topological polar surface area (TPSA) is 75.3 Å². The van der Waals surface area contributed by atoms with Crippen molar-refractivity contribution in [2.24, 2.45) is 0 Å². The fraction of sp³-hybridized carbons (Fsp3) is 0.318. The number of rotatable bonds is 4. The van der Waals surface area contributed by atoms with Crippen LogP contribution in [0.2, 0.25) is 0 Å². The van der Waals surface area contributed by atoms with Gasteiger partial charge in [-0.05, 0) is 49.6 Å². The van der Waals surface area contributed by atoms with Gasteiger partial charge in [-0.25, -0.2) is 0 Å². The predicted octanol–water partition coefficient (Wildman–Crippen LogP) is 2.93. The van der Waals surface area contributed by atoms with Crippen molar-refractivity contribution in [1.29, 1.82) is 0 Å². The van der Waals surface area contributed by atoms with Gasteiger partial charge in [0.2, 0.25) is 0 Å². The van der Waals surface area contributed by atoms with Crippen molar-refractivity contribution in [1.82, 2.24) is 14.9 Å². The van der Waals surface area contributed by atoms with Crippen molar-refractivity contribution in [3.8, 4) is 5.75 Å². The number of amides is 1. The van der Waals surface area contributed by atoms with Crippen LogP contribution in [-0.2, 0) is 4.79 Å². The molecule has 0 radical (unpaired) electrons. The maximum atomic E-state index is 12.6. The minimum absolute atomic E-state index is 0.0220. The Hall–Kier alpha value is -3.15. The summed E-state index contributed by atoms with van der Waals surface area (Å²) in [5.41, 5.74) is 3.43. The SMILES string of the molecule is Cc1cccc(C)c1OCC(=O)N1CC[C@H](c2cc3ncccc3c(=O)[nH]2)C1. The summed E-state index contributed by atoms with van der Waals surface area (Å²) < 4.78 is 5.80. The molecular formula is C22H23N3O3. The molecule has 3 heterocycles. The normalized spacial score (nSPS) is 16.5. The summed E-state index contributed by atoms with van der Waals surface area (Å²) in [4.78, 5) is 34.0. The first-order valence-corrected chi connectivity index (χ1v) is 9.47. The number of carbonyl (C=O) groups excluding carboxylic acids is 1. The second-order valence-electron chi connectivity index (χ2n) is 7.32. The van der Waals surface area contributed by atoms with Crippen LogP contribution in [-0.4, -0.2) is 40.5 Å². The molecule has 0 saturated carbocycles. The number of hydrogen-bond donors (Lipinski definition) is 1. The highest BCUT2D eigenvalue weighted by atomic mass is 16.5. The van der Waals surface area contributed by atoms with E-state index < -0.39 is 0 Å². The zero-order chi connectivity index (χ0) is 19.7. The van der Waals surface area contributed by atoms with Gasteiger partial charge in [-0.3, -0.25) is 14.6 Å². The Morgan fingerprint density at radius 1 is 1.25 bits per heavy atom. The third-order valence-corrected chi connectivity index (χ3v) is 5.36. The smallest absolute Gasteiger partial charge is 0.260 e. The number of aromatic amines is 1. The minimum atomic E-state index is -0.135. The molecule has 6 nitrogen and oxygen atoms in total. The number of nitrogens with one attached hydrogen (secondary N) is 1. The summed E-state index contributed by atoms with van der Waals surface area (Å²) in [6, 6.07) is 11.4. The molecule has 0 bridgehead atoms. The number of fused-ring (bicyclic) bond motifs is 1. The number of likely N-dealkylation sites (tertiary alicyclic amines) is 1. The van der Waals surface area contributed by atoms with E-state index in [4.69, 9.17) is 4.74 Å². The van der Waals surface area contributed by atoms with Crippen molar-refractivity contribution in [3.05, 3.63) is 69.8 Å². The van der Waals surface area contributed by atoms with Crippen LogP contribution in [0.15, 0.2) is 47.4 Å². The number of pyridine rings is 2. The van der Waals surface area contributed by atoms with Gasteiger partial charge < -0.3 is 14.6 Å². The molecule has 4 rings (SSSR count). The van der Waals surface area contributed by atoms with Gasteiger partial charge in [-0.1, -0.05) is 18.2 Å². The molecule has 0 aliphatic carbocycles. The lowest BCUT2D eigenvalue weighted by Crippen LogP contribution is -2.33. The van der Waals surface area contributed by atoms with E-state index in [2.05, 4.69) is 9.97 Å².